The molecule has 2 unspecified atom stereocenters. The van der Waals surface area contributed by atoms with Gasteiger partial charge < -0.3 is 25.0 Å². The summed E-state index contributed by atoms with van der Waals surface area (Å²) in [4.78, 5) is 27.3. The van der Waals surface area contributed by atoms with Gasteiger partial charge in [-0.3, -0.25) is 4.79 Å². The molecule has 10 heteroatoms. The number of rotatable bonds is 7. The van der Waals surface area contributed by atoms with Crippen LogP contribution in [0.2, 0.25) is 0 Å². The van der Waals surface area contributed by atoms with Crippen LogP contribution in [0.25, 0.3) is 21.3 Å². The number of carboxylic acid groups (broad SMARTS) is 1. The number of carbonyl (C=O) groups is 1. The Bertz CT molecular complexity index is 1360. The lowest BCUT2D eigenvalue weighted by Crippen LogP contribution is -2.36. The van der Waals surface area contributed by atoms with Gasteiger partial charge in [0.2, 0.25) is 5.43 Å². The van der Waals surface area contributed by atoms with E-state index in [2.05, 4.69) is 16.7 Å². The molecule has 0 amide bonds. The molecule has 0 bridgehead atoms. The van der Waals surface area contributed by atoms with Crippen LogP contribution in [0.3, 0.4) is 0 Å². The van der Waals surface area contributed by atoms with Crippen LogP contribution in [-0.2, 0) is 6.42 Å². The molecular formula is C27H33Cl2N3O4S. The van der Waals surface area contributed by atoms with Crippen molar-refractivity contribution < 1.29 is 14.6 Å². The Morgan fingerprint density at radius 3 is 2.70 bits per heavy atom. The molecule has 0 radical (unpaired) electrons. The minimum Gasteiger partial charge on any atom is -0.494 e. The largest absolute Gasteiger partial charge is 0.494 e. The number of benzene rings is 1. The number of ether oxygens (including phenoxy) is 1. The van der Waals surface area contributed by atoms with Crippen molar-refractivity contribution in [3.05, 3.63) is 50.6 Å². The van der Waals surface area contributed by atoms with Crippen LogP contribution < -0.4 is 20.8 Å². The molecule has 1 saturated carbocycles. The molecule has 3 N–H and O–H groups in total. The molecule has 1 aromatic carbocycles. The molecule has 1 saturated heterocycles. The number of aromatic carboxylic acids is 1. The standard InChI is InChI=1S/C27H31N3O4S.2ClH/c1-34-26-17(9-10-18-24(26)30(16-7-8-16)14-20(25(18)31)27(32)33)23-12-19-21(5-2-6-22(19)35-23)29-13-15-4-3-11-28-15;;/h9-10,12,14-16,21,28-29H,2-8,11,13H2,1H3,(H,32,33);2*1H. The highest BCUT2D eigenvalue weighted by molar-refractivity contribution is 7.15. The van der Waals surface area contributed by atoms with Gasteiger partial charge in [-0.25, -0.2) is 4.79 Å². The van der Waals surface area contributed by atoms with Crippen LogP contribution in [0.1, 0.15) is 71.4 Å². The van der Waals surface area contributed by atoms with Gasteiger partial charge in [-0.1, -0.05) is 0 Å². The summed E-state index contributed by atoms with van der Waals surface area (Å²) in [5.74, 6) is -0.534. The number of hydrogen-bond donors (Lipinski definition) is 3. The van der Waals surface area contributed by atoms with Gasteiger partial charge in [-0.05, 0) is 75.3 Å². The fourth-order valence-corrected chi connectivity index (χ4v) is 7.01. The number of pyridine rings is 1. The zero-order chi connectivity index (χ0) is 24.1. The summed E-state index contributed by atoms with van der Waals surface area (Å²) >= 11 is 1.81. The molecular weight excluding hydrogens is 533 g/mol. The average molecular weight is 567 g/mol. The fraction of sp³-hybridized carbons (Fsp3) is 0.481. The van der Waals surface area contributed by atoms with Crippen molar-refractivity contribution in [2.45, 2.75) is 63.1 Å². The maximum Gasteiger partial charge on any atom is 0.341 e. The summed E-state index contributed by atoms with van der Waals surface area (Å²) in [6.45, 7) is 2.11. The van der Waals surface area contributed by atoms with Crippen LogP contribution >= 0.6 is 36.2 Å². The van der Waals surface area contributed by atoms with Gasteiger partial charge in [0.25, 0.3) is 0 Å². The first-order valence-electron chi connectivity index (χ1n) is 12.6. The SMILES string of the molecule is COc1c(-c2cc3c(s2)CCCC3NCC2CCCN2)ccc2c(=O)c(C(=O)O)cn(C3CC3)c12.Cl.Cl. The lowest BCUT2D eigenvalue weighted by atomic mass is 9.93. The van der Waals surface area contributed by atoms with E-state index in [-0.39, 0.29) is 36.4 Å². The summed E-state index contributed by atoms with van der Waals surface area (Å²) in [5, 5.41) is 17.4. The third-order valence-corrected chi connectivity index (χ3v) is 8.92. The van der Waals surface area contributed by atoms with Crippen molar-refractivity contribution >= 4 is 53.0 Å². The first kappa shape index (κ1) is 27.9. The van der Waals surface area contributed by atoms with Gasteiger partial charge >= 0.3 is 5.97 Å². The highest BCUT2D eigenvalue weighted by Gasteiger charge is 2.30. The van der Waals surface area contributed by atoms with Gasteiger partial charge in [0.15, 0.2) is 5.75 Å². The molecule has 2 aromatic heterocycles. The maximum absolute atomic E-state index is 13.0. The minimum absolute atomic E-state index is 0. The van der Waals surface area contributed by atoms with Crippen LogP contribution in [0, 0.1) is 0 Å². The normalized spacial score (nSPS) is 20.7. The highest BCUT2D eigenvalue weighted by Crippen LogP contribution is 2.46. The smallest absolute Gasteiger partial charge is 0.341 e. The van der Waals surface area contributed by atoms with Crippen molar-refractivity contribution in [1.29, 1.82) is 0 Å². The number of hydrogen-bond acceptors (Lipinski definition) is 6. The first-order valence-corrected chi connectivity index (χ1v) is 13.5. The number of methoxy groups -OCH3 is 1. The third-order valence-electron chi connectivity index (χ3n) is 7.67. The van der Waals surface area contributed by atoms with Crippen molar-refractivity contribution in [3.63, 3.8) is 0 Å². The molecule has 6 rings (SSSR count). The number of nitrogens with one attached hydrogen (secondary N) is 2. The van der Waals surface area contributed by atoms with Gasteiger partial charge in [0, 0.05) is 46.2 Å². The predicted octanol–water partition coefficient (Wildman–Crippen LogP) is 5.33. The maximum atomic E-state index is 13.0. The Hall–Kier alpha value is -2.10. The molecule has 3 heterocycles. The fourth-order valence-electron chi connectivity index (χ4n) is 5.73. The predicted molar refractivity (Wildman–Crippen MR) is 153 cm³/mol. The van der Waals surface area contributed by atoms with Gasteiger partial charge in [0.1, 0.15) is 5.56 Å². The Kier molecular flexibility index (Phi) is 8.55. The number of carboxylic acids is 1. The van der Waals surface area contributed by atoms with E-state index in [0.717, 1.165) is 49.2 Å². The van der Waals surface area contributed by atoms with E-state index in [4.69, 9.17) is 4.74 Å². The molecule has 37 heavy (non-hydrogen) atoms. The van der Waals surface area contributed by atoms with Crippen molar-refractivity contribution in [2.75, 3.05) is 20.2 Å². The topological polar surface area (TPSA) is 92.6 Å². The Morgan fingerprint density at radius 1 is 1.22 bits per heavy atom. The van der Waals surface area contributed by atoms with Crippen molar-refractivity contribution in [3.8, 4) is 16.2 Å². The molecule has 2 atom stereocenters. The molecule has 200 valence electrons. The lowest BCUT2D eigenvalue weighted by Gasteiger charge is -2.25. The molecule has 2 fully saturated rings. The summed E-state index contributed by atoms with van der Waals surface area (Å²) < 4.78 is 7.89. The Balaban J connectivity index is 0.00000160. The number of nitrogens with zero attached hydrogens (tertiary/aromatic N) is 1. The lowest BCUT2D eigenvalue weighted by molar-refractivity contribution is 0.0695. The summed E-state index contributed by atoms with van der Waals surface area (Å²) in [6.07, 6.45) is 9.36. The van der Waals surface area contributed by atoms with Gasteiger partial charge in [-0.2, -0.15) is 0 Å². The number of aryl methyl sites for hydroxylation is 1. The molecule has 3 aromatic rings. The Morgan fingerprint density at radius 2 is 2.03 bits per heavy atom. The van der Waals surface area contributed by atoms with E-state index in [9.17, 15) is 14.7 Å². The number of halogens is 2. The number of fused-ring (bicyclic) bond motifs is 2. The molecule has 0 spiro atoms. The molecule has 3 aliphatic rings. The second-order valence-electron chi connectivity index (χ2n) is 9.99. The first-order chi connectivity index (χ1) is 17.0. The summed E-state index contributed by atoms with van der Waals surface area (Å²) in [7, 11) is 1.64. The van der Waals surface area contributed by atoms with Crippen LogP contribution in [-0.4, -0.2) is 41.9 Å². The van der Waals surface area contributed by atoms with Crippen LogP contribution in [0.4, 0.5) is 0 Å². The average Bonchev–Trinajstić information content (AvgIpc) is 3.38. The molecule has 7 nitrogen and oxygen atoms in total. The highest BCUT2D eigenvalue weighted by atomic mass is 35.5. The van der Waals surface area contributed by atoms with E-state index >= 15 is 0 Å². The zero-order valence-corrected chi connectivity index (χ0v) is 23.2. The molecule has 2 aliphatic carbocycles. The van der Waals surface area contributed by atoms with Crippen molar-refractivity contribution in [2.24, 2.45) is 0 Å². The van der Waals surface area contributed by atoms with Crippen molar-refractivity contribution in [1.82, 2.24) is 15.2 Å². The van der Waals surface area contributed by atoms with Gasteiger partial charge in [0.05, 0.1) is 18.0 Å². The van der Waals surface area contributed by atoms with E-state index < -0.39 is 11.4 Å². The van der Waals surface area contributed by atoms with E-state index in [0.29, 0.717) is 28.7 Å². The quantitative estimate of drug-likeness (QED) is 0.358. The minimum atomic E-state index is -1.19. The van der Waals surface area contributed by atoms with Gasteiger partial charge in [-0.15, -0.1) is 36.2 Å². The number of thiophene rings is 1. The monoisotopic (exact) mass is 565 g/mol. The second-order valence-corrected chi connectivity index (χ2v) is 11.1. The van der Waals surface area contributed by atoms with E-state index in [1.54, 1.807) is 13.2 Å². The van der Waals surface area contributed by atoms with Crippen LogP contribution in [0.5, 0.6) is 5.75 Å². The summed E-state index contributed by atoms with van der Waals surface area (Å²) in [6, 6.07) is 7.13. The number of aromatic nitrogens is 1. The Labute approximate surface area is 232 Å². The third kappa shape index (κ3) is 5.14. The van der Waals surface area contributed by atoms with E-state index in [1.165, 1.54) is 35.9 Å². The second kappa shape index (κ2) is 11.3. The van der Waals surface area contributed by atoms with E-state index in [1.807, 2.05) is 22.0 Å². The molecule has 1 aliphatic heterocycles. The zero-order valence-electron chi connectivity index (χ0n) is 20.7. The summed E-state index contributed by atoms with van der Waals surface area (Å²) in [5.41, 5.74) is 2.42. The van der Waals surface area contributed by atoms with Crippen LogP contribution in [0.15, 0.2) is 29.2 Å².